The molecule has 10 nitrogen and oxygen atoms in total. The molecule has 1 aromatic carbocycles. The number of rotatable bonds is 9. The van der Waals surface area contributed by atoms with Crippen molar-refractivity contribution in [2.24, 2.45) is 5.92 Å². The number of nitrogens with one attached hydrogen (secondary N) is 2. The van der Waals surface area contributed by atoms with Crippen molar-refractivity contribution in [2.45, 2.75) is 18.0 Å². The van der Waals surface area contributed by atoms with Crippen LogP contribution in [0.5, 0.6) is 0 Å². The molecule has 3 aromatic heterocycles. The standard InChI is InChI=1S/C19H23N9OS2/c1-11(6-21-18-22-8-13(30-2)9-23-18)7-24-19-26-14-4-3-12(5-15(14)31-19)16(29)28-10-25-27-17(28)20/h3-5,8-11,16,29H,6-7H2,1-2H3,(H2,20,27)(H,24,26)(H,21,22,23)/t11-,16?/m0/s1. The predicted molar refractivity (Wildman–Crippen MR) is 124 cm³/mol. The van der Waals surface area contributed by atoms with E-state index < -0.39 is 6.23 Å². The lowest BCUT2D eigenvalue weighted by Crippen LogP contribution is -2.20. The van der Waals surface area contributed by atoms with Gasteiger partial charge in [-0.25, -0.2) is 15.0 Å². The number of hydrogen-bond donors (Lipinski definition) is 4. The molecule has 31 heavy (non-hydrogen) atoms. The van der Waals surface area contributed by atoms with Gasteiger partial charge >= 0.3 is 0 Å². The second-order valence-corrected chi connectivity index (χ2v) is 8.94. The van der Waals surface area contributed by atoms with Crippen LogP contribution in [-0.2, 0) is 0 Å². The number of nitrogen functional groups attached to an aromatic ring is 1. The Kier molecular flexibility index (Phi) is 6.49. The number of thioether (sulfide) groups is 1. The number of aromatic nitrogens is 6. The maximum Gasteiger partial charge on any atom is 0.224 e. The van der Waals surface area contributed by atoms with Gasteiger partial charge in [0.1, 0.15) is 6.33 Å². The van der Waals surface area contributed by atoms with Gasteiger partial charge in [-0.15, -0.1) is 22.0 Å². The number of benzene rings is 1. The van der Waals surface area contributed by atoms with Crippen LogP contribution in [0.15, 0.2) is 41.8 Å². The van der Waals surface area contributed by atoms with Crippen LogP contribution in [-0.4, -0.2) is 54.2 Å². The quantitative estimate of drug-likeness (QED) is 0.277. The lowest BCUT2D eigenvalue weighted by atomic mass is 10.2. The van der Waals surface area contributed by atoms with Crippen LogP contribution in [0.3, 0.4) is 0 Å². The zero-order chi connectivity index (χ0) is 21.8. The largest absolute Gasteiger partial charge is 0.369 e. The molecule has 5 N–H and O–H groups in total. The molecule has 1 unspecified atom stereocenters. The highest BCUT2D eigenvalue weighted by atomic mass is 32.2. The van der Waals surface area contributed by atoms with Crippen LogP contribution >= 0.6 is 23.1 Å². The highest BCUT2D eigenvalue weighted by Gasteiger charge is 2.15. The van der Waals surface area contributed by atoms with Gasteiger partial charge in [-0.05, 0) is 24.3 Å². The van der Waals surface area contributed by atoms with E-state index in [0.29, 0.717) is 17.4 Å². The van der Waals surface area contributed by atoms with Crippen LogP contribution in [0.1, 0.15) is 18.7 Å². The fraction of sp³-hybridized carbons (Fsp3) is 0.316. The normalized spacial score (nSPS) is 13.3. The lowest BCUT2D eigenvalue weighted by molar-refractivity contribution is 0.148. The number of anilines is 3. The third kappa shape index (κ3) is 5.03. The van der Waals surface area contributed by atoms with E-state index in [1.807, 2.05) is 36.8 Å². The summed E-state index contributed by atoms with van der Waals surface area (Å²) in [6, 6.07) is 5.62. The summed E-state index contributed by atoms with van der Waals surface area (Å²) in [7, 11) is 0. The topological polar surface area (TPSA) is 140 Å². The van der Waals surface area contributed by atoms with Gasteiger partial charge in [0.15, 0.2) is 11.4 Å². The summed E-state index contributed by atoms with van der Waals surface area (Å²) in [6.45, 7) is 3.64. The molecular weight excluding hydrogens is 434 g/mol. The second-order valence-electron chi connectivity index (χ2n) is 7.03. The van der Waals surface area contributed by atoms with Crippen molar-refractivity contribution < 1.29 is 5.11 Å². The zero-order valence-electron chi connectivity index (χ0n) is 17.1. The van der Waals surface area contributed by atoms with Crippen LogP contribution in [0, 0.1) is 5.92 Å². The number of aliphatic hydroxyl groups is 1. The van der Waals surface area contributed by atoms with E-state index in [-0.39, 0.29) is 5.95 Å². The number of aliphatic hydroxyl groups excluding tert-OH is 1. The second kappa shape index (κ2) is 9.45. The molecule has 4 rings (SSSR count). The molecular formula is C19H23N9OS2. The highest BCUT2D eigenvalue weighted by Crippen LogP contribution is 2.29. The Labute approximate surface area is 187 Å². The summed E-state index contributed by atoms with van der Waals surface area (Å²) in [5, 5.41) is 25.4. The first-order valence-electron chi connectivity index (χ1n) is 9.61. The Morgan fingerprint density at radius 1 is 1.23 bits per heavy atom. The Balaban J connectivity index is 1.34. The van der Waals surface area contributed by atoms with E-state index in [0.717, 1.165) is 33.3 Å². The SMILES string of the molecule is CSc1cnc(NC[C@H](C)CNc2nc3ccc(C(O)n4cnnc4N)cc3s2)nc1. The van der Waals surface area contributed by atoms with Crippen molar-refractivity contribution in [2.75, 3.05) is 35.7 Å². The van der Waals surface area contributed by atoms with Crippen LogP contribution in [0.25, 0.3) is 10.2 Å². The third-order valence-electron chi connectivity index (χ3n) is 4.65. The highest BCUT2D eigenvalue weighted by molar-refractivity contribution is 7.98. The van der Waals surface area contributed by atoms with Crippen LogP contribution in [0.2, 0.25) is 0 Å². The number of nitrogens with two attached hydrogens (primary N) is 1. The third-order valence-corrected chi connectivity index (χ3v) is 6.31. The molecule has 0 fully saturated rings. The maximum absolute atomic E-state index is 10.5. The molecule has 0 aliphatic carbocycles. The van der Waals surface area contributed by atoms with Crippen molar-refractivity contribution in [3.8, 4) is 0 Å². The summed E-state index contributed by atoms with van der Waals surface area (Å²) in [5.41, 5.74) is 7.30. The molecule has 0 radical (unpaired) electrons. The Morgan fingerprint density at radius 3 is 2.71 bits per heavy atom. The van der Waals surface area contributed by atoms with E-state index in [4.69, 9.17) is 5.73 Å². The minimum atomic E-state index is -0.948. The molecule has 0 saturated carbocycles. The molecule has 0 aliphatic heterocycles. The predicted octanol–water partition coefficient (Wildman–Crippen LogP) is 2.68. The Morgan fingerprint density at radius 2 is 2.00 bits per heavy atom. The summed E-state index contributed by atoms with van der Waals surface area (Å²) in [6.07, 6.45) is 6.08. The molecule has 0 aliphatic rings. The summed E-state index contributed by atoms with van der Waals surface area (Å²) < 4.78 is 2.38. The summed E-state index contributed by atoms with van der Waals surface area (Å²) in [5.74, 6) is 1.13. The number of nitrogens with zero attached hydrogens (tertiary/aromatic N) is 6. The minimum absolute atomic E-state index is 0.160. The van der Waals surface area contributed by atoms with Gasteiger partial charge in [-0.3, -0.25) is 4.57 Å². The molecule has 12 heteroatoms. The van der Waals surface area contributed by atoms with Crippen LogP contribution in [0.4, 0.5) is 17.0 Å². The van der Waals surface area contributed by atoms with E-state index in [9.17, 15) is 5.11 Å². The van der Waals surface area contributed by atoms with Gasteiger partial charge in [0.25, 0.3) is 0 Å². The van der Waals surface area contributed by atoms with E-state index in [1.165, 1.54) is 22.2 Å². The van der Waals surface area contributed by atoms with Crippen molar-refractivity contribution >= 4 is 50.3 Å². The fourth-order valence-corrected chi connectivity index (χ4v) is 4.13. The van der Waals surface area contributed by atoms with E-state index >= 15 is 0 Å². The molecule has 4 aromatic rings. The Hall–Kier alpha value is -2.96. The van der Waals surface area contributed by atoms with Crippen molar-refractivity contribution in [1.29, 1.82) is 0 Å². The molecule has 3 heterocycles. The number of thiazole rings is 1. The summed E-state index contributed by atoms with van der Waals surface area (Å²) >= 11 is 3.15. The van der Waals surface area contributed by atoms with Crippen molar-refractivity contribution in [3.63, 3.8) is 0 Å². The molecule has 2 atom stereocenters. The average molecular weight is 458 g/mol. The monoisotopic (exact) mass is 457 g/mol. The van der Waals surface area contributed by atoms with E-state index in [2.05, 4.69) is 42.7 Å². The maximum atomic E-state index is 10.5. The van der Waals surface area contributed by atoms with Gasteiger partial charge < -0.3 is 21.5 Å². The van der Waals surface area contributed by atoms with E-state index in [1.54, 1.807) is 11.8 Å². The first kappa shape index (κ1) is 21.3. The van der Waals surface area contributed by atoms with Gasteiger partial charge in [0, 0.05) is 35.9 Å². The number of hydrogen-bond acceptors (Lipinski definition) is 11. The smallest absolute Gasteiger partial charge is 0.224 e. The van der Waals surface area contributed by atoms with Crippen molar-refractivity contribution in [1.82, 2.24) is 29.7 Å². The first-order valence-corrected chi connectivity index (χ1v) is 11.6. The fourth-order valence-electron chi connectivity index (χ4n) is 2.89. The number of fused-ring (bicyclic) bond motifs is 1. The van der Waals surface area contributed by atoms with Gasteiger partial charge in [-0.2, -0.15) is 0 Å². The average Bonchev–Trinajstić information content (AvgIpc) is 3.41. The first-order chi connectivity index (χ1) is 15.0. The van der Waals surface area contributed by atoms with Gasteiger partial charge in [0.2, 0.25) is 11.9 Å². The molecule has 0 bridgehead atoms. The minimum Gasteiger partial charge on any atom is -0.369 e. The summed E-state index contributed by atoms with van der Waals surface area (Å²) in [4.78, 5) is 14.3. The molecule has 162 valence electrons. The molecule has 0 spiro atoms. The molecule has 0 saturated heterocycles. The van der Waals surface area contributed by atoms with Gasteiger partial charge in [0.05, 0.1) is 10.2 Å². The Bertz CT molecular complexity index is 1140. The molecule has 0 amide bonds. The van der Waals surface area contributed by atoms with Gasteiger partial charge in [-0.1, -0.05) is 24.3 Å². The van der Waals surface area contributed by atoms with Crippen molar-refractivity contribution in [3.05, 3.63) is 42.5 Å². The zero-order valence-corrected chi connectivity index (χ0v) is 18.7. The van der Waals surface area contributed by atoms with Crippen LogP contribution < -0.4 is 16.4 Å². The lowest BCUT2D eigenvalue weighted by Gasteiger charge is -2.13.